The molecule has 4 aliphatic heterocycles. The summed E-state index contributed by atoms with van der Waals surface area (Å²) in [6.07, 6.45) is 29.6. The van der Waals surface area contributed by atoms with E-state index >= 15 is 0 Å². The molecule has 12 nitrogen and oxygen atoms in total. The molecular weight excluding hydrogens is 743 g/mol. The van der Waals surface area contributed by atoms with E-state index in [9.17, 15) is 0 Å². The van der Waals surface area contributed by atoms with Crippen LogP contribution in [0, 0.1) is 26.7 Å². The summed E-state index contributed by atoms with van der Waals surface area (Å²) < 4.78 is 8.79. The van der Waals surface area contributed by atoms with Gasteiger partial charge < -0.3 is 39.2 Å². The third kappa shape index (κ3) is 12.8. The van der Waals surface area contributed by atoms with Crippen molar-refractivity contribution in [3.8, 4) is 0 Å². The predicted octanol–water partition coefficient (Wildman–Crippen LogP) is 5.88. The average Bonchev–Trinajstić information content (AvgIpc) is 3.91. The Morgan fingerprint density at radius 1 is 0.404 bits per heavy atom. The summed E-state index contributed by atoms with van der Waals surface area (Å²) in [6.45, 7) is 37.4. The first-order chi connectivity index (χ1) is 24.2. The van der Waals surface area contributed by atoms with E-state index in [-0.39, 0.29) is 20.4 Å². The van der Waals surface area contributed by atoms with Crippen molar-refractivity contribution in [2.45, 2.75) is 126 Å². The Hall–Kier alpha value is -3.56. The summed E-state index contributed by atoms with van der Waals surface area (Å²) in [6, 6.07) is 3.09. The van der Waals surface area contributed by atoms with Crippen LogP contribution in [-0.2, 0) is 27.1 Å². The molecule has 0 radical (unpaired) electrons. The monoisotopic (exact) mass is 808 g/mol. The van der Waals surface area contributed by atoms with E-state index in [1.54, 1.807) is 0 Å². The smallest absolute Gasteiger partial charge is 0.247 e. The summed E-state index contributed by atoms with van der Waals surface area (Å²) >= 11 is 0. The van der Waals surface area contributed by atoms with Crippen molar-refractivity contribution >= 4 is 0 Å². The molecule has 0 N–H and O–H groups in total. The average molecular weight is 809 g/mol. The molecule has 4 aliphatic rings. The zero-order chi connectivity index (χ0) is 37.2. The zero-order valence-electron chi connectivity index (χ0n) is 33.7. The molecule has 6 heterocycles. The van der Waals surface area contributed by atoms with Crippen LogP contribution < -0.4 is 9.13 Å². The van der Waals surface area contributed by atoms with Crippen LogP contribution in [-0.4, -0.2) is 85.8 Å². The molecule has 0 bridgehead atoms. The fourth-order valence-electron chi connectivity index (χ4n) is 5.37. The van der Waals surface area contributed by atoms with Crippen molar-refractivity contribution in [1.29, 1.82) is 0 Å². The Labute approximate surface area is 329 Å². The maximum atomic E-state index is 2.21. The molecular formula is C39H66N12Pd-2. The van der Waals surface area contributed by atoms with Gasteiger partial charge in [0.05, 0.1) is 12.1 Å². The third-order valence-corrected chi connectivity index (χ3v) is 8.83. The minimum atomic E-state index is 0. The van der Waals surface area contributed by atoms with Gasteiger partial charge in [0.25, 0.3) is 0 Å². The summed E-state index contributed by atoms with van der Waals surface area (Å²) in [5, 5.41) is 0. The maximum absolute atomic E-state index is 2.21. The Kier molecular flexibility index (Phi) is 16.5. The van der Waals surface area contributed by atoms with E-state index in [0.717, 1.165) is 20.0 Å². The minimum Gasteiger partial charge on any atom is -0.506 e. The van der Waals surface area contributed by atoms with Crippen LogP contribution in [0.15, 0.2) is 87.0 Å². The SMILES string of the molecule is CC(C)N1C=CN(CN2C=CN(C(C)C)[CH-]2)[CH-]1.CC(C)N1C=CN(CN2C=CN(C(C)C)[CH-]2)[CH-]1.CC(C)n1cc[n+](C[n+]2ccn(C(C)C)c2)c1.[Pd]. The second-order valence-corrected chi connectivity index (χ2v) is 15.2. The third-order valence-electron chi connectivity index (χ3n) is 8.83. The molecule has 0 amide bonds. The molecule has 0 fully saturated rings. The minimum absolute atomic E-state index is 0. The molecule has 0 unspecified atom stereocenters. The number of aromatic nitrogens is 4. The second kappa shape index (κ2) is 20.0. The predicted molar refractivity (Wildman–Crippen MR) is 204 cm³/mol. The van der Waals surface area contributed by atoms with Crippen molar-refractivity contribution in [3.63, 3.8) is 0 Å². The summed E-state index contributed by atoms with van der Waals surface area (Å²) in [5.41, 5.74) is 0. The number of hydrogen-bond donors (Lipinski definition) is 0. The largest absolute Gasteiger partial charge is 0.506 e. The van der Waals surface area contributed by atoms with E-state index in [1.807, 2.05) is 0 Å². The Bertz CT molecular complexity index is 1270. The number of imidazole rings is 2. The van der Waals surface area contributed by atoms with Gasteiger partial charge in [0, 0.05) is 33.8 Å². The molecule has 0 atom stereocenters. The number of rotatable bonds is 12. The quantitative estimate of drug-likeness (QED) is 0.150. The van der Waals surface area contributed by atoms with Gasteiger partial charge in [-0.3, -0.25) is 0 Å². The van der Waals surface area contributed by atoms with Crippen LogP contribution in [0.1, 0.15) is 95.2 Å². The second-order valence-electron chi connectivity index (χ2n) is 15.2. The van der Waals surface area contributed by atoms with Crippen LogP contribution in [0.3, 0.4) is 0 Å². The molecule has 6 rings (SSSR count). The van der Waals surface area contributed by atoms with E-state index in [2.05, 4.69) is 254 Å². The number of hydrogen-bond acceptors (Lipinski definition) is 8. The molecule has 0 saturated heterocycles. The van der Waals surface area contributed by atoms with Crippen molar-refractivity contribution in [1.82, 2.24) is 48.3 Å². The standard InChI is InChI=1S/3C13H22N4.Pd/c3*1-12(2)16-7-5-14(10-16)9-15-6-8-17(11-15)13(3)4;/h3*5-8,10-13H,9H2,1-4H3;/q2*-2;+2;. The van der Waals surface area contributed by atoms with Gasteiger partial charge in [-0.25, -0.2) is 9.13 Å². The van der Waals surface area contributed by atoms with Crippen molar-refractivity contribution < 1.29 is 29.6 Å². The summed E-state index contributed by atoms with van der Waals surface area (Å²) in [4.78, 5) is 17.6. The van der Waals surface area contributed by atoms with Crippen LogP contribution >= 0.6 is 0 Å². The number of nitrogens with zero attached hydrogens (tertiary/aromatic N) is 12. The molecule has 294 valence electrons. The van der Waals surface area contributed by atoms with Crippen molar-refractivity contribution in [2.24, 2.45) is 0 Å². The van der Waals surface area contributed by atoms with Crippen molar-refractivity contribution in [2.75, 3.05) is 13.3 Å². The van der Waals surface area contributed by atoms with Crippen LogP contribution in [0.4, 0.5) is 0 Å². The molecule has 0 aliphatic carbocycles. The van der Waals surface area contributed by atoms with Gasteiger partial charge in [-0.15, -0.1) is 0 Å². The van der Waals surface area contributed by atoms with Gasteiger partial charge >= 0.3 is 0 Å². The van der Waals surface area contributed by atoms with Crippen LogP contribution in [0.2, 0.25) is 0 Å². The molecule has 0 spiro atoms. The van der Waals surface area contributed by atoms with Gasteiger partial charge in [-0.1, -0.05) is 0 Å². The Morgan fingerprint density at radius 3 is 0.865 bits per heavy atom. The first-order valence-corrected chi connectivity index (χ1v) is 18.6. The molecule has 0 saturated carbocycles. The van der Waals surface area contributed by atoms with Gasteiger partial charge in [0.15, 0.2) is 0 Å². The van der Waals surface area contributed by atoms with Gasteiger partial charge in [-0.2, -0.15) is 35.8 Å². The Balaban J connectivity index is 0.000000208. The summed E-state index contributed by atoms with van der Waals surface area (Å²) in [5.74, 6) is 0. The molecule has 2 aromatic rings. The maximum Gasteiger partial charge on any atom is 0.247 e. The van der Waals surface area contributed by atoms with Gasteiger partial charge in [-0.05, 0) is 157 Å². The normalized spacial score (nSPS) is 16.7. The Morgan fingerprint density at radius 2 is 0.673 bits per heavy atom. The summed E-state index contributed by atoms with van der Waals surface area (Å²) in [7, 11) is 0. The van der Waals surface area contributed by atoms with E-state index in [4.69, 9.17) is 0 Å². The fraction of sp³-hybridized carbons (Fsp3) is 0.538. The first kappa shape index (κ1) is 42.9. The molecule has 13 heteroatoms. The van der Waals surface area contributed by atoms with E-state index < -0.39 is 0 Å². The molecule has 2 aromatic heterocycles. The van der Waals surface area contributed by atoms with Gasteiger partial charge in [0.2, 0.25) is 19.3 Å². The van der Waals surface area contributed by atoms with Gasteiger partial charge in [0.1, 0.15) is 24.8 Å². The first-order valence-electron chi connectivity index (χ1n) is 18.6. The van der Waals surface area contributed by atoms with E-state index in [0.29, 0.717) is 36.3 Å². The zero-order valence-corrected chi connectivity index (χ0v) is 35.2. The van der Waals surface area contributed by atoms with E-state index in [1.165, 1.54) is 0 Å². The molecule has 52 heavy (non-hydrogen) atoms. The van der Waals surface area contributed by atoms with Crippen LogP contribution in [0.5, 0.6) is 0 Å². The topological polar surface area (TPSA) is 43.5 Å². The van der Waals surface area contributed by atoms with Crippen LogP contribution in [0.25, 0.3) is 0 Å². The molecule has 0 aromatic carbocycles. The van der Waals surface area contributed by atoms with Crippen molar-refractivity contribution in [3.05, 3.63) is 114 Å². The fourth-order valence-corrected chi connectivity index (χ4v) is 5.37.